The van der Waals surface area contributed by atoms with Gasteiger partial charge in [0, 0.05) is 36.2 Å². The van der Waals surface area contributed by atoms with Crippen LogP contribution in [0, 0.1) is 18.8 Å². The fourth-order valence-corrected chi connectivity index (χ4v) is 5.91. The highest BCUT2D eigenvalue weighted by Gasteiger charge is 2.60. The molecule has 4 atom stereocenters. The van der Waals surface area contributed by atoms with Crippen molar-refractivity contribution in [3.8, 4) is 0 Å². The van der Waals surface area contributed by atoms with E-state index in [1.54, 1.807) is 19.1 Å². The highest BCUT2D eigenvalue weighted by Crippen LogP contribution is 2.52. The van der Waals surface area contributed by atoms with Crippen LogP contribution in [0.1, 0.15) is 53.7 Å². The second-order valence-corrected chi connectivity index (χ2v) is 10.3. The van der Waals surface area contributed by atoms with Crippen molar-refractivity contribution in [3.05, 3.63) is 57.4 Å². The molecule has 12 heteroatoms. The van der Waals surface area contributed by atoms with E-state index in [1.807, 2.05) is 0 Å². The van der Waals surface area contributed by atoms with Gasteiger partial charge in [-0.15, -0.1) is 0 Å². The average Bonchev–Trinajstić information content (AvgIpc) is 3.43. The lowest BCUT2D eigenvalue weighted by Gasteiger charge is -2.22. The van der Waals surface area contributed by atoms with Crippen molar-refractivity contribution in [2.75, 3.05) is 18.5 Å². The Morgan fingerprint density at radius 1 is 1.21 bits per heavy atom. The Balaban J connectivity index is 1.26. The fraction of sp³-hybridized carbons (Fsp3) is 0.462. The predicted octanol–water partition coefficient (Wildman–Crippen LogP) is 0.769. The average molecular weight is 522 g/mol. The van der Waals surface area contributed by atoms with Crippen molar-refractivity contribution < 1.29 is 28.4 Å². The molecule has 2 aromatic rings. The molecule has 5 heterocycles. The second-order valence-electron chi connectivity index (χ2n) is 10.3. The number of amides is 3. The van der Waals surface area contributed by atoms with E-state index < -0.39 is 29.0 Å². The number of pyridine rings is 1. The minimum atomic E-state index is -0.856. The molecule has 1 aliphatic carbocycles. The molecule has 1 unspecified atom stereocenters. The lowest BCUT2D eigenvalue weighted by Crippen LogP contribution is -2.44. The molecule has 6 rings (SSSR count). The maximum Gasteiger partial charge on any atom is 0.333 e. The highest BCUT2D eigenvalue weighted by atomic mass is 16.5. The van der Waals surface area contributed by atoms with Crippen LogP contribution in [0.25, 0.3) is 0 Å². The largest absolute Gasteiger partial charge is 0.462 e. The number of fused-ring (bicyclic) bond motifs is 1. The Kier molecular flexibility index (Phi) is 5.69. The first-order valence-corrected chi connectivity index (χ1v) is 12.7. The summed E-state index contributed by atoms with van der Waals surface area (Å²) in [5.41, 5.74) is -0.120. The molecule has 0 aromatic carbocycles. The first-order chi connectivity index (χ1) is 18.3. The summed E-state index contributed by atoms with van der Waals surface area (Å²) < 4.78 is 11.4. The van der Waals surface area contributed by atoms with Gasteiger partial charge >= 0.3 is 5.97 Å². The minimum absolute atomic E-state index is 0.0246. The molecule has 12 nitrogen and oxygen atoms in total. The molecule has 3 fully saturated rings. The SMILES string of the molecule is Cc1cc(C(=O)Nc2ccc3n(c2=O)[C@H](C(=O)N[C@]2(/C=C4\CCOC4=O)CC2[C@@H]2CCNC2=O)CC3)no1. The van der Waals surface area contributed by atoms with Crippen LogP contribution in [-0.2, 0) is 25.5 Å². The smallest absolute Gasteiger partial charge is 0.333 e. The van der Waals surface area contributed by atoms with Gasteiger partial charge in [0.1, 0.15) is 17.5 Å². The van der Waals surface area contributed by atoms with Crippen LogP contribution in [0.2, 0.25) is 0 Å². The molecule has 2 aromatic heterocycles. The van der Waals surface area contributed by atoms with Crippen LogP contribution in [0.3, 0.4) is 0 Å². The summed E-state index contributed by atoms with van der Waals surface area (Å²) in [7, 11) is 0. The molecule has 0 bridgehead atoms. The molecule has 198 valence electrons. The number of nitrogens with zero attached hydrogens (tertiary/aromatic N) is 2. The zero-order valence-corrected chi connectivity index (χ0v) is 20.7. The first-order valence-electron chi connectivity index (χ1n) is 12.7. The lowest BCUT2D eigenvalue weighted by atomic mass is 9.96. The summed E-state index contributed by atoms with van der Waals surface area (Å²) in [6.07, 6.45) is 4.30. The molecule has 0 spiro atoms. The van der Waals surface area contributed by atoms with Crippen molar-refractivity contribution >= 4 is 29.4 Å². The Bertz CT molecular complexity index is 1460. The van der Waals surface area contributed by atoms with E-state index in [0.29, 0.717) is 55.7 Å². The lowest BCUT2D eigenvalue weighted by molar-refractivity contribution is -0.135. The maximum absolute atomic E-state index is 13.6. The molecule has 4 aliphatic rings. The Morgan fingerprint density at radius 2 is 2.05 bits per heavy atom. The Hall–Kier alpha value is -4.22. The van der Waals surface area contributed by atoms with E-state index in [9.17, 15) is 24.0 Å². The van der Waals surface area contributed by atoms with Crippen molar-refractivity contribution in [1.82, 2.24) is 20.4 Å². The van der Waals surface area contributed by atoms with Crippen LogP contribution in [0.15, 0.2) is 39.2 Å². The number of hydrogen-bond acceptors (Lipinski definition) is 8. The number of aromatic nitrogens is 2. The number of rotatable bonds is 6. The number of carbonyl (C=O) groups excluding carboxylic acids is 4. The van der Waals surface area contributed by atoms with Gasteiger partial charge in [0.05, 0.1) is 12.1 Å². The normalized spacial score (nSPS) is 28.7. The van der Waals surface area contributed by atoms with Crippen molar-refractivity contribution in [3.63, 3.8) is 0 Å². The summed E-state index contributed by atoms with van der Waals surface area (Å²) in [6.45, 7) is 2.52. The van der Waals surface area contributed by atoms with Crippen LogP contribution in [0.5, 0.6) is 0 Å². The van der Waals surface area contributed by atoms with E-state index in [1.165, 1.54) is 16.7 Å². The predicted molar refractivity (Wildman–Crippen MR) is 131 cm³/mol. The van der Waals surface area contributed by atoms with E-state index in [2.05, 4.69) is 21.1 Å². The Labute approximate surface area is 216 Å². The summed E-state index contributed by atoms with van der Waals surface area (Å²) in [5.74, 6) is -1.38. The first kappa shape index (κ1) is 24.1. The quantitative estimate of drug-likeness (QED) is 0.371. The van der Waals surface area contributed by atoms with Crippen LogP contribution < -0.4 is 21.5 Å². The number of carbonyl (C=O) groups is 4. The van der Waals surface area contributed by atoms with E-state index in [0.717, 1.165) is 0 Å². The number of esters is 1. The third-order valence-electron chi connectivity index (χ3n) is 7.89. The van der Waals surface area contributed by atoms with Crippen LogP contribution in [0.4, 0.5) is 5.69 Å². The van der Waals surface area contributed by atoms with Crippen molar-refractivity contribution in [1.29, 1.82) is 0 Å². The number of anilines is 1. The van der Waals surface area contributed by atoms with Gasteiger partial charge in [-0.25, -0.2) is 4.79 Å². The highest BCUT2D eigenvalue weighted by molar-refractivity contribution is 6.02. The van der Waals surface area contributed by atoms with Crippen molar-refractivity contribution in [2.45, 2.75) is 50.6 Å². The van der Waals surface area contributed by atoms with Gasteiger partial charge in [-0.3, -0.25) is 23.7 Å². The van der Waals surface area contributed by atoms with E-state index in [4.69, 9.17) is 9.26 Å². The molecule has 3 aliphatic heterocycles. The van der Waals surface area contributed by atoms with Gasteiger partial charge in [0.2, 0.25) is 11.8 Å². The molecular weight excluding hydrogens is 494 g/mol. The van der Waals surface area contributed by atoms with Gasteiger partial charge in [-0.05, 0) is 56.7 Å². The second kappa shape index (κ2) is 8.96. The van der Waals surface area contributed by atoms with E-state index >= 15 is 0 Å². The molecule has 0 radical (unpaired) electrons. The monoisotopic (exact) mass is 521 g/mol. The van der Waals surface area contributed by atoms with Crippen LogP contribution >= 0.6 is 0 Å². The third kappa shape index (κ3) is 4.09. The van der Waals surface area contributed by atoms with Gasteiger partial charge in [-0.1, -0.05) is 5.16 Å². The summed E-state index contributed by atoms with van der Waals surface area (Å²) >= 11 is 0. The summed E-state index contributed by atoms with van der Waals surface area (Å²) in [4.78, 5) is 64.1. The zero-order valence-electron chi connectivity index (χ0n) is 20.7. The number of ether oxygens (including phenoxy) is 1. The molecule has 1 saturated carbocycles. The maximum atomic E-state index is 13.6. The number of nitrogens with one attached hydrogen (secondary N) is 3. The molecule has 38 heavy (non-hydrogen) atoms. The van der Waals surface area contributed by atoms with Gasteiger partial charge in [-0.2, -0.15) is 0 Å². The topological polar surface area (TPSA) is 162 Å². The van der Waals surface area contributed by atoms with Crippen molar-refractivity contribution in [2.24, 2.45) is 11.8 Å². The van der Waals surface area contributed by atoms with Gasteiger partial charge < -0.3 is 25.2 Å². The Morgan fingerprint density at radius 3 is 2.74 bits per heavy atom. The summed E-state index contributed by atoms with van der Waals surface area (Å²) in [6, 6.07) is 3.90. The minimum Gasteiger partial charge on any atom is -0.462 e. The summed E-state index contributed by atoms with van der Waals surface area (Å²) in [5, 5.41) is 12.2. The zero-order chi connectivity index (χ0) is 26.6. The number of hydrogen-bond donors (Lipinski definition) is 3. The van der Waals surface area contributed by atoms with Crippen LogP contribution in [-0.4, -0.2) is 52.1 Å². The number of aryl methyl sites for hydroxylation is 2. The van der Waals surface area contributed by atoms with Gasteiger partial charge in [0.15, 0.2) is 5.69 Å². The standard InChI is InChI=1S/C26H27N5O7/c1-13-10-19(30-38-13)22(33)28-18-4-2-15-3-5-20(31(15)24(18)35)23(34)29-26(11-14-7-9-37-25(14)36)12-17(26)16-6-8-27-21(16)32/h2,4,10-11,16-17,20H,3,5-9,12H2,1H3,(H,27,32)(H,28,33)(H,29,34)/b14-11+/t16-,17?,20-,26+/m0/s1. The molecular formula is C26H27N5O7. The third-order valence-corrected chi connectivity index (χ3v) is 7.89. The molecule has 2 saturated heterocycles. The fourth-order valence-electron chi connectivity index (χ4n) is 5.91. The molecule has 3 N–H and O–H groups in total. The van der Waals surface area contributed by atoms with Gasteiger partial charge in [0.25, 0.3) is 11.5 Å². The molecule has 3 amide bonds. The number of cyclic esters (lactones) is 1. The van der Waals surface area contributed by atoms with E-state index in [-0.39, 0.29) is 41.6 Å².